The first kappa shape index (κ1) is 32.4. The Hall–Kier alpha value is -4.18. The van der Waals surface area contributed by atoms with Crippen LogP contribution in [0.25, 0.3) is 21.7 Å². The van der Waals surface area contributed by atoms with Crippen molar-refractivity contribution in [2.24, 2.45) is 20.0 Å². The summed E-state index contributed by atoms with van der Waals surface area (Å²) in [6.45, 7) is 2.84. The predicted octanol–water partition coefficient (Wildman–Crippen LogP) is 2.75. The summed E-state index contributed by atoms with van der Waals surface area (Å²) in [5.74, 6) is -0.820. The number of carbonyl (C=O) groups excluding carboxylic acids is 1. The van der Waals surface area contributed by atoms with Crippen molar-refractivity contribution in [2.75, 3.05) is 26.2 Å². The Labute approximate surface area is 282 Å². The Morgan fingerprint density at radius 1 is 1.08 bits per heavy atom. The van der Waals surface area contributed by atoms with Gasteiger partial charge in [0.05, 0.1) is 28.9 Å². The molecule has 1 N–H and O–H groups in total. The molecule has 2 atom stereocenters. The highest BCUT2D eigenvalue weighted by atomic mass is 32.2. The van der Waals surface area contributed by atoms with Gasteiger partial charge in [0, 0.05) is 64.5 Å². The van der Waals surface area contributed by atoms with E-state index in [0.29, 0.717) is 54.1 Å². The number of hydrogen-bond donors (Lipinski definition) is 1. The number of likely N-dealkylation sites (tertiary alicyclic amines) is 1. The van der Waals surface area contributed by atoms with Gasteiger partial charge in [0.1, 0.15) is 17.0 Å². The highest BCUT2D eigenvalue weighted by Crippen LogP contribution is 2.39. The monoisotopic (exact) mass is 690 g/mol. The van der Waals surface area contributed by atoms with Crippen LogP contribution in [0.2, 0.25) is 0 Å². The van der Waals surface area contributed by atoms with Crippen molar-refractivity contribution < 1.29 is 18.3 Å². The Balaban J connectivity index is 1.08. The Bertz CT molecular complexity index is 2140. The molecule has 2 aliphatic heterocycles. The summed E-state index contributed by atoms with van der Waals surface area (Å²) in [5, 5.41) is 16.8. The maximum absolute atomic E-state index is 14.1. The normalized spacial score (nSPS) is 20.4. The molecular formula is C33H38N8O5S2. The van der Waals surface area contributed by atoms with Gasteiger partial charge < -0.3 is 14.6 Å². The Kier molecular flexibility index (Phi) is 8.34. The number of sulfonamides is 1. The maximum atomic E-state index is 14.1. The lowest BCUT2D eigenvalue weighted by atomic mass is 9.80. The van der Waals surface area contributed by atoms with Gasteiger partial charge in [-0.2, -0.15) is 9.40 Å². The van der Waals surface area contributed by atoms with Gasteiger partial charge in [-0.25, -0.2) is 18.4 Å². The summed E-state index contributed by atoms with van der Waals surface area (Å²) in [6, 6.07) is 13.1. The topological polar surface area (TPSA) is 148 Å². The molecule has 48 heavy (non-hydrogen) atoms. The fourth-order valence-electron chi connectivity index (χ4n) is 7.05. The van der Waals surface area contributed by atoms with Gasteiger partial charge in [0.15, 0.2) is 4.21 Å². The molecule has 1 amide bonds. The van der Waals surface area contributed by atoms with Crippen LogP contribution < -0.4 is 5.56 Å². The second-order valence-corrected chi connectivity index (χ2v) is 16.0. The van der Waals surface area contributed by atoms with Crippen molar-refractivity contribution in [2.45, 2.75) is 48.5 Å². The van der Waals surface area contributed by atoms with Crippen LogP contribution in [-0.2, 0) is 35.5 Å². The second-order valence-electron chi connectivity index (χ2n) is 12.9. The number of nitrogens with zero attached hydrogens (tertiary/aromatic N) is 8. The van der Waals surface area contributed by atoms with Gasteiger partial charge >= 0.3 is 0 Å². The predicted molar refractivity (Wildman–Crippen MR) is 181 cm³/mol. The van der Waals surface area contributed by atoms with E-state index in [1.807, 2.05) is 37.4 Å². The van der Waals surface area contributed by atoms with E-state index in [4.69, 9.17) is 0 Å². The van der Waals surface area contributed by atoms with Crippen molar-refractivity contribution in [3.8, 4) is 10.7 Å². The highest BCUT2D eigenvalue weighted by Gasteiger charge is 2.44. The zero-order valence-electron chi connectivity index (χ0n) is 27.1. The van der Waals surface area contributed by atoms with Crippen LogP contribution >= 0.6 is 11.3 Å². The third-order valence-corrected chi connectivity index (χ3v) is 13.4. The van der Waals surface area contributed by atoms with E-state index in [0.717, 1.165) is 22.6 Å². The molecule has 5 aromatic rings. The van der Waals surface area contributed by atoms with Crippen molar-refractivity contribution in [1.29, 1.82) is 0 Å². The number of thiazole rings is 1. The molecule has 0 spiro atoms. The van der Waals surface area contributed by atoms with Gasteiger partial charge in [-0.3, -0.25) is 18.8 Å². The highest BCUT2D eigenvalue weighted by molar-refractivity contribution is 7.91. The molecule has 0 aliphatic carbocycles. The lowest BCUT2D eigenvalue weighted by Gasteiger charge is -2.43. The molecule has 7 rings (SSSR count). The summed E-state index contributed by atoms with van der Waals surface area (Å²) >= 11 is 1.13. The molecule has 0 bridgehead atoms. The molecule has 6 heterocycles. The first-order valence-corrected chi connectivity index (χ1v) is 18.2. The molecule has 2 fully saturated rings. The molecule has 0 unspecified atom stereocenters. The summed E-state index contributed by atoms with van der Waals surface area (Å²) in [5.41, 5.74) is 1.30. The number of carbonyl (C=O) groups is 1. The summed E-state index contributed by atoms with van der Waals surface area (Å²) in [4.78, 5) is 38.0. The first-order chi connectivity index (χ1) is 22.9. The van der Waals surface area contributed by atoms with E-state index < -0.39 is 21.5 Å². The number of aromatic nitrogens is 6. The number of aryl methyl sites for hydroxylation is 3. The quantitative estimate of drug-likeness (QED) is 0.274. The summed E-state index contributed by atoms with van der Waals surface area (Å²) < 4.78 is 34.7. The number of hydrogen-bond acceptors (Lipinski definition) is 9. The largest absolute Gasteiger partial charge is 0.388 e. The number of piperidine rings is 2. The zero-order chi connectivity index (χ0) is 33.8. The molecule has 252 valence electrons. The van der Waals surface area contributed by atoms with E-state index in [9.17, 15) is 23.1 Å². The van der Waals surface area contributed by atoms with Crippen molar-refractivity contribution in [1.82, 2.24) is 38.1 Å². The Morgan fingerprint density at radius 2 is 1.83 bits per heavy atom. The fraction of sp³-hybridized carbons (Fsp3) is 0.424. The Morgan fingerprint density at radius 3 is 2.54 bits per heavy atom. The molecule has 0 saturated carbocycles. The number of amides is 1. The van der Waals surface area contributed by atoms with E-state index in [2.05, 4.69) is 15.1 Å². The summed E-state index contributed by atoms with van der Waals surface area (Å²) in [6.07, 6.45) is 5.89. The molecular weight excluding hydrogens is 653 g/mol. The van der Waals surface area contributed by atoms with Gasteiger partial charge in [-0.05, 0) is 43.9 Å². The number of fused-ring (bicyclic) bond motifs is 1. The molecule has 1 aromatic carbocycles. The number of aliphatic hydroxyl groups is 1. The standard InChI is InChI=1S/C33H38N8O5S2/c1-22-32(47-29(36-22)27-9-14-35-38(27)3)48(45,46)41-16-11-24(26(19-41)23-7-5-4-6-8-23)30(42)39-17-12-33(44,13-18-39)20-40-21-34-28-25(31(40)43)10-15-37(28)2/h4-10,14-15,21,24,26,44H,11-13,16-20H2,1-3H3/t24-,26+/m1/s1. The molecule has 0 radical (unpaired) electrons. The van der Waals surface area contributed by atoms with Gasteiger partial charge in [0.25, 0.3) is 15.6 Å². The van der Waals surface area contributed by atoms with Gasteiger partial charge in [0.2, 0.25) is 5.91 Å². The second kappa shape index (κ2) is 12.4. The van der Waals surface area contributed by atoms with Crippen LogP contribution in [-0.4, -0.2) is 89.3 Å². The van der Waals surface area contributed by atoms with E-state index in [1.165, 1.54) is 15.2 Å². The SMILES string of the molecule is Cc1nc(-c2ccnn2C)sc1S(=O)(=O)N1CC[C@@H](C(=O)N2CCC(O)(Cn3cnc4c(ccn4C)c3=O)CC2)[C@H](c2ccccc2)C1. The van der Waals surface area contributed by atoms with Crippen LogP contribution in [0.15, 0.2) is 70.2 Å². The molecule has 4 aromatic heterocycles. The average Bonchev–Trinajstić information content (AvgIpc) is 3.80. The molecule has 13 nitrogen and oxygen atoms in total. The van der Waals surface area contributed by atoms with Crippen molar-refractivity contribution in [3.05, 3.63) is 82.8 Å². The fourth-order valence-corrected chi connectivity index (χ4v) is 10.2. The average molecular weight is 691 g/mol. The van der Waals surface area contributed by atoms with Crippen LogP contribution in [0.4, 0.5) is 0 Å². The van der Waals surface area contributed by atoms with Gasteiger partial charge in [-0.1, -0.05) is 41.7 Å². The van der Waals surface area contributed by atoms with Gasteiger partial charge in [-0.15, -0.1) is 0 Å². The lowest BCUT2D eigenvalue weighted by molar-refractivity contribution is -0.142. The molecule has 2 saturated heterocycles. The number of benzene rings is 1. The minimum Gasteiger partial charge on any atom is -0.388 e. The van der Waals surface area contributed by atoms with Crippen molar-refractivity contribution >= 4 is 38.3 Å². The lowest BCUT2D eigenvalue weighted by Crippen LogP contribution is -2.53. The third-order valence-electron chi connectivity index (χ3n) is 9.81. The number of rotatable bonds is 7. The van der Waals surface area contributed by atoms with Crippen LogP contribution in [0.3, 0.4) is 0 Å². The van der Waals surface area contributed by atoms with E-state index in [1.54, 1.807) is 52.6 Å². The summed E-state index contributed by atoms with van der Waals surface area (Å²) in [7, 11) is -0.268. The zero-order valence-corrected chi connectivity index (χ0v) is 28.7. The minimum absolute atomic E-state index is 0.0417. The van der Waals surface area contributed by atoms with E-state index in [-0.39, 0.29) is 41.2 Å². The maximum Gasteiger partial charge on any atom is 0.262 e. The smallest absolute Gasteiger partial charge is 0.262 e. The molecule has 2 aliphatic rings. The van der Waals surface area contributed by atoms with Crippen LogP contribution in [0, 0.1) is 12.8 Å². The third kappa shape index (κ3) is 5.78. The molecule has 15 heteroatoms. The van der Waals surface area contributed by atoms with Crippen LogP contribution in [0.5, 0.6) is 0 Å². The van der Waals surface area contributed by atoms with Crippen molar-refractivity contribution in [3.63, 3.8) is 0 Å². The van der Waals surface area contributed by atoms with E-state index >= 15 is 0 Å². The first-order valence-electron chi connectivity index (χ1n) is 16.0. The van der Waals surface area contributed by atoms with Crippen LogP contribution in [0.1, 0.15) is 36.4 Å². The minimum atomic E-state index is -3.88.